The molecular formula is C10H22N2S. The Kier molecular flexibility index (Phi) is 5.14. The molecule has 0 aliphatic carbocycles. The van der Waals surface area contributed by atoms with Gasteiger partial charge in [0.25, 0.3) is 0 Å². The highest BCUT2D eigenvalue weighted by atomic mass is 32.2. The first-order chi connectivity index (χ1) is 6.33. The molecule has 0 spiro atoms. The van der Waals surface area contributed by atoms with E-state index in [-0.39, 0.29) is 0 Å². The Labute approximate surface area is 86.5 Å². The van der Waals surface area contributed by atoms with E-state index in [1.165, 1.54) is 32.6 Å². The van der Waals surface area contributed by atoms with Gasteiger partial charge in [0.15, 0.2) is 0 Å². The number of nitrogens with one attached hydrogen (secondary N) is 1. The molecule has 1 fully saturated rings. The number of thioether (sulfide) groups is 1. The molecule has 2 atom stereocenters. The first-order valence-electron chi connectivity index (χ1n) is 5.31. The van der Waals surface area contributed by atoms with E-state index in [2.05, 4.69) is 30.3 Å². The van der Waals surface area contributed by atoms with E-state index in [0.717, 1.165) is 11.3 Å². The minimum Gasteiger partial charge on any atom is -0.314 e. The fraction of sp³-hybridized carbons (Fsp3) is 1.00. The van der Waals surface area contributed by atoms with Crippen LogP contribution >= 0.6 is 11.8 Å². The minimum absolute atomic E-state index is 0.764. The molecular weight excluding hydrogens is 180 g/mol. The van der Waals surface area contributed by atoms with Crippen molar-refractivity contribution in [1.29, 1.82) is 0 Å². The van der Waals surface area contributed by atoms with Crippen molar-refractivity contribution in [2.24, 2.45) is 0 Å². The van der Waals surface area contributed by atoms with E-state index < -0.39 is 0 Å². The third-order valence-electron chi connectivity index (χ3n) is 2.82. The monoisotopic (exact) mass is 202 g/mol. The lowest BCUT2D eigenvalue weighted by molar-refractivity contribution is 0.223. The van der Waals surface area contributed by atoms with Crippen molar-refractivity contribution in [2.45, 2.75) is 31.6 Å². The standard InChI is InChI=1S/C10H22N2S/c1-4-6-12(5-2)9-7-11-8-10(9)13-3/h9-11H,4-8H2,1-3H3. The fourth-order valence-electron chi connectivity index (χ4n) is 2.09. The van der Waals surface area contributed by atoms with Crippen LogP contribution in [-0.4, -0.2) is 48.6 Å². The van der Waals surface area contributed by atoms with Gasteiger partial charge in [-0.15, -0.1) is 0 Å². The molecule has 1 aliphatic rings. The van der Waals surface area contributed by atoms with Crippen molar-refractivity contribution < 1.29 is 0 Å². The van der Waals surface area contributed by atoms with Crippen molar-refractivity contribution in [2.75, 3.05) is 32.4 Å². The topological polar surface area (TPSA) is 15.3 Å². The van der Waals surface area contributed by atoms with Crippen LogP contribution in [-0.2, 0) is 0 Å². The van der Waals surface area contributed by atoms with Gasteiger partial charge in [-0.25, -0.2) is 0 Å². The lowest BCUT2D eigenvalue weighted by Gasteiger charge is -2.30. The van der Waals surface area contributed by atoms with E-state index in [1.54, 1.807) is 0 Å². The van der Waals surface area contributed by atoms with Crippen LogP contribution in [0.1, 0.15) is 20.3 Å². The first kappa shape index (κ1) is 11.3. The summed E-state index contributed by atoms with van der Waals surface area (Å²) in [7, 11) is 0. The van der Waals surface area contributed by atoms with Gasteiger partial charge in [-0.1, -0.05) is 13.8 Å². The number of rotatable bonds is 5. The number of likely N-dealkylation sites (N-methyl/N-ethyl adjacent to an activating group) is 1. The molecule has 13 heavy (non-hydrogen) atoms. The SMILES string of the molecule is CCCN(CC)C1CNCC1SC. The third kappa shape index (κ3) is 2.86. The molecule has 1 N–H and O–H groups in total. The summed E-state index contributed by atoms with van der Waals surface area (Å²) < 4.78 is 0. The van der Waals surface area contributed by atoms with E-state index in [4.69, 9.17) is 0 Å². The Morgan fingerprint density at radius 3 is 2.69 bits per heavy atom. The Morgan fingerprint density at radius 2 is 2.15 bits per heavy atom. The van der Waals surface area contributed by atoms with Gasteiger partial charge in [-0.2, -0.15) is 11.8 Å². The Morgan fingerprint density at radius 1 is 1.38 bits per heavy atom. The van der Waals surface area contributed by atoms with Crippen molar-refractivity contribution in [3.63, 3.8) is 0 Å². The summed E-state index contributed by atoms with van der Waals surface area (Å²) in [4.78, 5) is 2.61. The maximum absolute atomic E-state index is 3.48. The summed E-state index contributed by atoms with van der Waals surface area (Å²) in [5, 5.41) is 4.28. The van der Waals surface area contributed by atoms with E-state index in [0.29, 0.717) is 0 Å². The van der Waals surface area contributed by atoms with Crippen molar-refractivity contribution >= 4 is 11.8 Å². The highest BCUT2D eigenvalue weighted by Gasteiger charge is 2.29. The van der Waals surface area contributed by atoms with Gasteiger partial charge >= 0.3 is 0 Å². The molecule has 0 bridgehead atoms. The van der Waals surface area contributed by atoms with Gasteiger partial charge in [0, 0.05) is 24.4 Å². The van der Waals surface area contributed by atoms with Crippen LogP contribution in [0.5, 0.6) is 0 Å². The van der Waals surface area contributed by atoms with E-state index in [9.17, 15) is 0 Å². The Hall–Kier alpha value is 0.270. The molecule has 1 rings (SSSR count). The maximum Gasteiger partial charge on any atom is 0.0351 e. The molecule has 0 aromatic heterocycles. The van der Waals surface area contributed by atoms with Crippen LogP contribution in [0.3, 0.4) is 0 Å². The summed E-state index contributed by atoms with van der Waals surface area (Å²) in [5.41, 5.74) is 0. The highest BCUT2D eigenvalue weighted by Crippen LogP contribution is 2.19. The van der Waals surface area contributed by atoms with Gasteiger partial charge in [0.05, 0.1) is 0 Å². The second-order valence-corrected chi connectivity index (χ2v) is 4.71. The second kappa shape index (κ2) is 5.89. The number of nitrogens with zero attached hydrogens (tertiary/aromatic N) is 1. The quantitative estimate of drug-likeness (QED) is 0.726. The number of hydrogen-bond acceptors (Lipinski definition) is 3. The molecule has 0 saturated carbocycles. The lowest BCUT2D eigenvalue weighted by atomic mass is 10.2. The first-order valence-corrected chi connectivity index (χ1v) is 6.59. The summed E-state index contributed by atoms with van der Waals surface area (Å²) in [6.07, 6.45) is 3.50. The van der Waals surface area contributed by atoms with Gasteiger partial charge in [0.1, 0.15) is 0 Å². The van der Waals surface area contributed by atoms with E-state index >= 15 is 0 Å². The third-order valence-corrected chi connectivity index (χ3v) is 3.90. The zero-order valence-corrected chi connectivity index (χ0v) is 9.86. The van der Waals surface area contributed by atoms with Crippen molar-refractivity contribution in [3.8, 4) is 0 Å². The van der Waals surface area contributed by atoms with Gasteiger partial charge in [0.2, 0.25) is 0 Å². The Bertz CT molecular complexity index is 141. The number of hydrogen-bond donors (Lipinski definition) is 1. The van der Waals surface area contributed by atoms with Crippen LogP contribution in [0.25, 0.3) is 0 Å². The van der Waals surface area contributed by atoms with E-state index in [1.807, 2.05) is 11.8 Å². The summed E-state index contributed by atoms with van der Waals surface area (Å²) in [6, 6.07) is 0.764. The fourth-order valence-corrected chi connectivity index (χ4v) is 2.96. The molecule has 1 saturated heterocycles. The average molecular weight is 202 g/mol. The maximum atomic E-state index is 3.48. The zero-order valence-electron chi connectivity index (χ0n) is 9.05. The highest BCUT2D eigenvalue weighted by molar-refractivity contribution is 7.99. The average Bonchev–Trinajstić information content (AvgIpc) is 2.61. The zero-order chi connectivity index (χ0) is 9.68. The second-order valence-electron chi connectivity index (χ2n) is 3.63. The van der Waals surface area contributed by atoms with Crippen LogP contribution in [0, 0.1) is 0 Å². The molecule has 2 unspecified atom stereocenters. The smallest absolute Gasteiger partial charge is 0.0351 e. The van der Waals surface area contributed by atoms with Crippen molar-refractivity contribution in [3.05, 3.63) is 0 Å². The van der Waals surface area contributed by atoms with Crippen molar-refractivity contribution in [1.82, 2.24) is 10.2 Å². The van der Waals surface area contributed by atoms with Gasteiger partial charge in [-0.3, -0.25) is 4.90 Å². The van der Waals surface area contributed by atoms with Crippen LogP contribution in [0.15, 0.2) is 0 Å². The molecule has 0 amide bonds. The summed E-state index contributed by atoms with van der Waals surface area (Å²) in [5.74, 6) is 0. The Balaban J connectivity index is 2.46. The molecule has 78 valence electrons. The molecule has 3 heteroatoms. The molecule has 2 nitrogen and oxygen atoms in total. The lowest BCUT2D eigenvalue weighted by Crippen LogP contribution is -2.42. The molecule has 1 heterocycles. The van der Waals surface area contributed by atoms with Crippen LogP contribution < -0.4 is 5.32 Å². The van der Waals surface area contributed by atoms with Gasteiger partial charge in [-0.05, 0) is 25.8 Å². The molecule has 0 radical (unpaired) electrons. The predicted octanol–water partition coefficient (Wildman–Crippen LogP) is 1.42. The van der Waals surface area contributed by atoms with Crippen LogP contribution in [0.4, 0.5) is 0 Å². The molecule has 0 aromatic carbocycles. The van der Waals surface area contributed by atoms with Crippen LogP contribution in [0.2, 0.25) is 0 Å². The normalized spacial score (nSPS) is 28.6. The largest absolute Gasteiger partial charge is 0.314 e. The minimum atomic E-state index is 0.764. The molecule has 0 aromatic rings. The van der Waals surface area contributed by atoms with Gasteiger partial charge < -0.3 is 5.32 Å². The summed E-state index contributed by atoms with van der Waals surface area (Å²) >= 11 is 2.01. The summed E-state index contributed by atoms with van der Waals surface area (Å²) in [6.45, 7) is 9.34. The predicted molar refractivity (Wildman–Crippen MR) is 61.5 cm³/mol. The molecule has 1 aliphatic heterocycles.